The summed E-state index contributed by atoms with van der Waals surface area (Å²) in [6.07, 6.45) is 7.57. The first kappa shape index (κ1) is 33.6. The largest absolute Gasteiger partial charge is 0.465 e. The molecule has 3 atom stereocenters. The van der Waals surface area contributed by atoms with E-state index in [0.29, 0.717) is 17.7 Å². The quantitative estimate of drug-likeness (QED) is 0.124. The van der Waals surface area contributed by atoms with Gasteiger partial charge in [-0.25, -0.2) is 25.1 Å². The smallest absolute Gasteiger partial charge is 0.326 e. The maximum atomic E-state index is 14.1. The molecule has 2 aromatic heterocycles. The number of hydrogen-bond donors (Lipinski definition) is 3. The van der Waals surface area contributed by atoms with Gasteiger partial charge in [0.05, 0.1) is 32.2 Å². The minimum absolute atomic E-state index is 0.273. The predicted molar refractivity (Wildman–Crippen MR) is 154 cm³/mol. The number of nitrogens with one attached hydrogen (secondary N) is 2. The van der Waals surface area contributed by atoms with Crippen LogP contribution in [0, 0.1) is 0 Å². The first-order valence-electron chi connectivity index (χ1n) is 14.0. The number of carbonyl (C=O) groups is 2. The summed E-state index contributed by atoms with van der Waals surface area (Å²) in [6.45, 7) is 11.6. The molecule has 1 unspecified atom stereocenters. The first-order valence-corrected chi connectivity index (χ1v) is 15.8. The van der Waals surface area contributed by atoms with Crippen molar-refractivity contribution in [1.82, 2.24) is 29.7 Å². The number of aromatic nitrogens is 4. The van der Waals surface area contributed by atoms with Gasteiger partial charge in [-0.3, -0.25) is 14.2 Å². The molecule has 0 aromatic carbocycles. The van der Waals surface area contributed by atoms with E-state index in [1.54, 1.807) is 38.6 Å². The topological polar surface area (TPSA) is 173 Å². The van der Waals surface area contributed by atoms with Gasteiger partial charge >= 0.3 is 11.9 Å². The van der Waals surface area contributed by atoms with Crippen molar-refractivity contribution in [1.29, 1.82) is 0 Å². The van der Waals surface area contributed by atoms with E-state index in [1.165, 1.54) is 6.33 Å². The zero-order valence-corrected chi connectivity index (χ0v) is 25.5. The number of carbonyl (C=O) groups excluding carboxylic acids is 2. The van der Waals surface area contributed by atoms with E-state index in [-0.39, 0.29) is 25.4 Å². The third kappa shape index (κ3) is 10.4. The van der Waals surface area contributed by atoms with Crippen molar-refractivity contribution in [3.8, 4) is 0 Å². The Hall–Kier alpha value is -2.60. The molecule has 2 heterocycles. The number of fused-ring (bicyclic) bond motifs is 1. The van der Waals surface area contributed by atoms with Crippen LogP contribution >= 0.6 is 7.44 Å². The number of esters is 2. The fraction of sp³-hybridized carbons (Fsp3) is 0.731. The van der Waals surface area contributed by atoms with Crippen molar-refractivity contribution in [3.05, 3.63) is 12.7 Å². The summed E-state index contributed by atoms with van der Waals surface area (Å²) in [5.74, 6) is -0.807. The molecular formula is C26H46N7O6P. The lowest BCUT2D eigenvalue weighted by atomic mass is 10.1. The van der Waals surface area contributed by atoms with E-state index in [4.69, 9.17) is 19.9 Å². The van der Waals surface area contributed by atoms with Gasteiger partial charge in [0.15, 0.2) is 11.5 Å². The number of nitrogens with two attached hydrogens (primary N) is 1. The molecule has 0 saturated heterocycles. The second-order valence-electron chi connectivity index (χ2n) is 10.5. The van der Waals surface area contributed by atoms with Crippen LogP contribution < -0.4 is 15.9 Å². The molecule has 0 aliphatic rings. The van der Waals surface area contributed by atoms with E-state index >= 15 is 0 Å². The maximum absolute atomic E-state index is 14.1. The van der Waals surface area contributed by atoms with E-state index in [2.05, 4.69) is 39.0 Å². The van der Waals surface area contributed by atoms with E-state index in [0.717, 1.165) is 38.5 Å². The second kappa shape index (κ2) is 16.0. The van der Waals surface area contributed by atoms with Crippen LogP contribution in [0.2, 0.25) is 0 Å². The molecular weight excluding hydrogens is 537 g/mol. The Kier molecular flexibility index (Phi) is 13.4. The lowest BCUT2D eigenvalue weighted by Crippen LogP contribution is -2.50. The van der Waals surface area contributed by atoms with Gasteiger partial charge in [-0.05, 0) is 40.5 Å². The highest BCUT2D eigenvalue weighted by molar-refractivity contribution is 7.59. The average Bonchev–Trinajstić information content (AvgIpc) is 3.31. The van der Waals surface area contributed by atoms with E-state index in [9.17, 15) is 14.2 Å². The average molecular weight is 584 g/mol. The SMILES string of the molecule is CCCCCOC(=O)[C@@H](C)NP(=O)(CO[C@H](C)Cn1cnc2c(N)ncnc21)NC(C)(C)C(=O)OCCCCC. The molecule has 0 bridgehead atoms. The van der Waals surface area contributed by atoms with Crippen LogP contribution in [0.15, 0.2) is 12.7 Å². The maximum Gasteiger partial charge on any atom is 0.326 e. The van der Waals surface area contributed by atoms with Crippen molar-refractivity contribution >= 4 is 36.4 Å². The molecule has 13 nitrogen and oxygen atoms in total. The van der Waals surface area contributed by atoms with Gasteiger partial charge in [-0.15, -0.1) is 0 Å². The summed E-state index contributed by atoms with van der Waals surface area (Å²) in [5, 5.41) is 5.76. The van der Waals surface area contributed by atoms with Crippen LogP contribution in [0.25, 0.3) is 11.2 Å². The van der Waals surface area contributed by atoms with Crippen molar-refractivity contribution < 1.29 is 28.4 Å². The fourth-order valence-electron chi connectivity index (χ4n) is 3.91. The van der Waals surface area contributed by atoms with Crippen molar-refractivity contribution in [2.45, 2.75) is 104 Å². The van der Waals surface area contributed by atoms with Gasteiger partial charge < -0.3 is 24.5 Å². The number of hydrogen-bond acceptors (Lipinski definition) is 10. The molecule has 14 heteroatoms. The number of anilines is 1. The zero-order chi connectivity index (χ0) is 29.8. The van der Waals surface area contributed by atoms with Gasteiger partial charge in [0.1, 0.15) is 29.8 Å². The number of rotatable bonds is 19. The van der Waals surface area contributed by atoms with Crippen LogP contribution in [0.1, 0.15) is 80.1 Å². The van der Waals surface area contributed by atoms with Crippen molar-refractivity contribution in [2.24, 2.45) is 0 Å². The fourth-order valence-corrected chi connectivity index (χ4v) is 6.30. The van der Waals surface area contributed by atoms with Crippen LogP contribution in [-0.2, 0) is 34.9 Å². The van der Waals surface area contributed by atoms with Crippen molar-refractivity contribution in [3.63, 3.8) is 0 Å². The van der Waals surface area contributed by atoms with Crippen LogP contribution in [0.3, 0.4) is 0 Å². The molecule has 2 aromatic rings. The highest BCUT2D eigenvalue weighted by Crippen LogP contribution is 2.40. The summed E-state index contributed by atoms with van der Waals surface area (Å²) in [7, 11) is -3.69. The molecule has 2 rings (SSSR count). The van der Waals surface area contributed by atoms with Crippen LogP contribution in [0.4, 0.5) is 5.82 Å². The minimum Gasteiger partial charge on any atom is -0.465 e. The molecule has 0 amide bonds. The van der Waals surface area contributed by atoms with Gasteiger partial charge in [0, 0.05) is 0 Å². The Morgan fingerprint density at radius 3 is 2.35 bits per heavy atom. The molecule has 4 N–H and O–H groups in total. The predicted octanol–water partition coefficient (Wildman–Crippen LogP) is 3.78. The molecule has 0 radical (unpaired) electrons. The standard InChI is InChI=1S/C26H46N7O6P/c1-7-9-11-13-37-24(34)20(4)31-40(36,32-26(5,6)25(35)38-14-12-10-8-2)18-39-19(3)15-33-17-30-21-22(27)28-16-29-23(21)33/h16-17,19-20H,7-15,18H2,1-6H3,(H2,27,28,29)(H2,31,32,36)/t19-,20-,40?/m1/s1. The molecule has 40 heavy (non-hydrogen) atoms. The van der Waals surface area contributed by atoms with Crippen LogP contribution in [-0.4, -0.2) is 68.7 Å². The highest BCUT2D eigenvalue weighted by atomic mass is 31.2. The lowest BCUT2D eigenvalue weighted by molar-refractivity contribution is -0.149. The third-order valence-electron chi connectivity index (χ3n) is 6.12. The lowest BCUT2D eigenvalue weighted by Gasteiger charge is -2.32. The molecule has 0 fully saturated rings. The number of ether oxygens (including phenoxy) is 3. The Balaban J connectivity index is 2.11. The summed E-state index contributed by atoms with van der Waals surface area (Å²) < 4.78 is 32.6. The molecule has 0 saturated carbocycles. The third-order valence-corrected chi connectivity index (χ3v) is 8.36. The van der Waals surface area contributed by atoms with Gasteiger partial charge in [0.2, 0.25) is 7.44 Å². The highest BCUT2D eigenvalue weighted by Gasteiger charge is 2.39. The summed E-state index contributed by atoms with van der Waals surface area (Å²) >= 11 is 0. The Bertz CT molecular complexity index is 1140. The number of nitrogen functional groups attached to an aromatic ring is 1. The normalized spacial score (nSPS) is 14.9. The summed E-state index contributed by atoms with van der Waals surface area (Å²) in [4.78, 5) is 37.9. The van der Waals surface area contributed by atoms with Crippen LogP contribution in [0.5, 0.6) is 0 Å². The Morgan fingerprint density at radius 2 is 1.70 bits per heavy atom. The summed E-state index contributed by atoms with van der Waals surface area (Å²) in [6, 6.07) is -0.910. The molecule has 0 spiro atoms. The van der Waals surface area contributed by atoms with Gasteiger partial charge in [-0.2, -0.15) is 0 Å². The number of unbranched alkanes of at least 4 members (excludes halogenated alkanes) is 4. The van der Waals surface area contributed by atoms with Gasteiger partial charge in [-0.1, -0.05) is 39.5 Å². The minimum atomic E-state index is -3.69. The monoisotopic (exact) mass is 583 g/mol. The zero-order valence-electron chi connectivity index (χ0n) is 24.6. The number of nitrogens with zero attached hydrogens (tertiary/aromatic N) is 4. The van der Waals surface area contributed by atoms with Crippen molar-refractivity contribution in [2.75, 3.05) is 25.3 Å². The first-order chi connectivity index (χ1) is 18.9. The molecule has 0 aliphatic carbocycles. The summed E-state index contributed by atoms with van der Waals surface area (Å²) in [5.41, 5.74) is 5.59. The second-order valence-corrected chi connectivity index (χ2v) is 12.7. The Labute approximate surface area is 236 Å². The molecule has 0 aliphatic heterocycles. The van der Waals surface area contributed by atoms with E-state index in [1.807, 2.05) is 0 Å². The van der Waals surface area contributed by atoms with Gasteiger partial charge in [0.25, 0.3) is 0 Å². The van der Waals surface area contributed by atoms with E-state index < -0.39 is 37.1 Å². The Morgan fingerprint density at radius 1 is 1.05 bits per heavy atom. The number of imidazole rings is 1. The molecule has 226 valence electrons.